The van der Waals surface area contributed by atoms with Crippen molar-refractivity contribution in [1.82, 2.24) is 9.88 Å². The molecule has 1 amide bonds. The summed E-state index contributed by atoms with van der Waals surface area (Å²) in [7, 11) is 0. The van der Waals surface area contributed by atoms with Crippen molar-refractivity contribution < 1.29 is 14.6 Å². The molecule has 1 aromatic carbocycles. The SMILES string of the molecule is Cc1nc(COc2ccc(Cl)cc2)sc1C(=O)N1CC(O)C1. The minimum atomic E-state index is -0.398. The number of carbonyl (C=O) groups is 1. The number of rotatable bonds is 4. The molecule has 0 unspecified atom stereocenters. The molecule has 1 aromatic heterocycles. The number of hydrogen-bond acceptors (Lipinski definition) is 5. The van der Waals surface area contributed by atoms with Crippen LogP contribution in [0.2, 0.25) is 5.02 Å². The Bertz CT molecular complexity index is 681. The lowest BCUT2D eigenvalue weighted by Crippen LogP contribution is -2.53. The summed E-state index contributed by atoms with van der Waals surface area (Å²) in [5.74, 6) is 0.633. The first-order chi connectivity index (χ1) is 10.5. The van der Waals surface area contributed by atoms with Gasteiger partial charge in [0.1, 0.15) is 22.2 Å². The Labute approximate surface area is 137 Å². The first-order valence-electron chi connectivity index (χ1n) is 6.85. The monoisotopic (exact) mass is 338 g/mol. The molecule has 2 aromatic rings. The standard InChI is InChI=1S/C15H15ClN2O3S/c1-9-14(15(20)18-6-11(19)7-18)22-13(17-9)8-21-12-4-2-10(16)3-5-12/h2-5,11,19H,6-8H2,1H3. The number of carbonyl (C=O) groups excluding carboxylic acids is 1. The van der Waals surface area contributed by atoms with Gasteiger partial charge in [0.05, 0.1) is 11.8 Å². The molecule has 5 nitrogen and oxygen atoms in total. The summed E-state index contributed by atoms with van der Waals surface area (Å²) >= 11 is 7.15. The van der Waals surface area contributed by atoms with Gasteiger partial charge in [0.25, 0.3) is 5.91 Å². The molecule has 3 rings (SSSR count). The number of aliphatic hydroxyl groups excluding tert-OH is 1. The number of ether oxygens (including phenoxy) is 1. The zero-order chi connectivity index (χ0) is 15.7. The number of likely N-dealkylation sites (tertiary alicyclic amines) is 1. The Hall–Kier alpha value is -1.63. The normalized spacial score (nSPS) is 14.8. The van der Waals surface area contributed by atoms with Crippen molar-refractivity contribution in [1.29, 1.82) is 0 Å². The first-order valence-corrected chi connectivity index (χ1v) is 8.04. The predicted octanol–water partition coefficient (Wildman–Crippen LogP) is 2.50. The molecule has 2 heterocycles. The largest absolute Gasteiger partial charge is 0.486 e. The van der Waals surface area contributed by atoms with Crippen molar-refractivity contribution >= 4 is 28.8 Å². The molecular weight excluding hydrogens is 324 g/mol. The van der Waals surface area contributed by atoms with Crippen molar-refractivity contribution in [3.05, 3.63) is 44.9 Å². The number of nitrogens with zero attached hydrogens (tertiary/aromatic N) is 2. The quantitative estimate of drug-likeness (QED) is 0.930. The maximum atomic E-state index is 12.2. The van der Waals surface area contributed by atoms with Crippen LogP contribution in [-0.2, 0) is 6.61 Å². The van der Waals surface area contributed by atoms with Gasteiger partial charge in [-0.05, 0) is 31.2 Å². The van der Waals surface area contributed by atoms with Crippen molar-refractivity contribution in [2.75, 3.05) is 13.1 Å². The van der Waals surface area contributed by atoms with Crippen LogP contribution in [0.4, 0.5) is 0 Å². The summed E-state index contributed by atoms with van der Waals surface area (Å²) in [6.07, 6.45) is -0.398. The van der Waals surface area contributed by atoms with Crippen LogP contribution < -0.4 is 4.74 Å². The lowest BCUT2D eigenvalue weighted by molar-refractivity contribution is 0.00616. The molecule has 7 heteroatoms. The van der Waals surface area contributed by atoms with Crippen molar-refractivity contribution in [2.24, 2.45) is 0 Å². The smallest absolute Gasteiger partial charge is 0.266 e. The maximum Gasteiger partial charge on any atom is 0.266 e. The number of halogens is 1. The summed E-state index contributed by atoms with van der Waals surface area (Å²) in [4.78, 5) is 18.9. The van der Waals surface area contributed by atoms with Crippen molar-refractivity contribution in [3.8, 4) is 5.75 Å². The van der Waals surface area contributed by atoms with Gasteiger partial charge in [0.15, 0.2) is 0 Å². The van der Waals surface area contributed by atoms with Gasteiger partial charge in [-0.2, -0.15) is 0 Å². The zero-order valence-corrected chi connectivity index (χ0v) is 13.5. The molecule has 0 aliphatic carbocycles. The van der Waals surface area contributed by atoms with Gasteiger partial charge in [0.2, 0.25) is 0 Å². The minimum Gasteiger partial charge on any atom is -0.486 e. The lowest BCUT2D eigenvalue weighted by Gasteiger charge is -2.35. The lowest BCUT2D eigenvalue weighted by atomic mass is 10.1. The summed E-state index contributed by atoms with van der Waals surface area (Å²) in [6, 6.07) is 7.09. The van der Waals surface area contributed by atoms with Crippen molar-refractivity contribution in [3.63, 3.8) is 0 Å². The Kier molecular flexibility index (Phi) is 4.33. The average Bonchev–Trinajstić information content (AvgIpc) is 2.84. The molecule has 1 saturated heterocycles. The van der Waals surface area contributed by atoms with E-state index in [4.69, 9.17) is 16.3 Å². The summed E-state index contributed by atoms with van der Waals surface area (Å²) in [5.41, 5.74) is 0.700. The summed E-state index contributed by atoms with van der Waals surface area (Å²) < 4.78 is 5.64. The van der Waals surface area contributed by atoms with E-state index in [1.165, 1.54) is 11.3 Å². The minimum absolute atomic E-state index is 0.0713. The third kappa shape index (κ3) is 3.24. The van der Waals surface area contributed by atoms with E-state index >= 15 is 0 Å². The van der Waals surface area contributed by atoms with Gasteiger partial charge in [-0.25, -0.2) is 4.98 Å². The first kappa shape index (κ1) is 15.3. The van der Waals surface area contributed by atoms with E-state index in [1.54, 1.807) is 29.2 Å². The third-order valence-electron chi connectivity index (χ3n) is 3.36. The number of aryl methyl sites for hydroxylation is 1. The number of thiazole rings is 1. The molecule has 22 heavy (non-hydrogen) atoms. The van der Waals surface area contributed by atoms with Gasteiger partial charge in [-0.15, -0.1) is 11.3 Å². The van der Waals surface area contributed by atoms with Crippen LogP contribution in [0.15, 0.2) is 24.3 Å². The molecule has 1 fully saturated rings. The molecule has 1 aliphatic heterocycles. The van der Waals surface area contributed by atoms with Crippen molar-refractivity contribution in [2.45, 2.75) is 19.6 Å². The molecule has 1 aliphatic rings. The second-order valence-corrected chi connectivity index (χ2v) is 6.65. The van der Waals surface area contributed by atoms with E-state index < -0.39 is 6.10 Å². The van der Waals surface area contributed by atoms with E-state index in [2.05, 4.69) is 4.98 Å². The number of amides is 1. The van der Waals surface area contributed by atoms with E-state index in [0.717, 1.165) is 5.01 Å². The zero-order valence-electron chi connectivity index (χ0n) is 12.0. The predicted molar refractivity (Wildman–Crippen MR) is 84.5 cm³/mol. The Morgan fingerprint density at radius 3 is 2.77 bits per heavy atom. The highest BCUT2D eigenvalue weighted by Gasteiger charge is 2.31. The van der Waals surface area contributed by atoms with Gasteiger partial charge < -0.3 is 14.7 Å². The van der Waals surface area contributed by atoms with Crippen LogP contribution >= 0.6 is 22.9 Å². The summed E-state index contributed by atoms with van der Waals surface area (Å²) in [5, 5.41) is 10.7. The second-order valence-electron chi connectivity index (χ2n) is 5.13. The van der Waals surface area contributed by atoms with Crippen LogP contribution in [0.5, 0.6) is 5.75 Å². The number of benzene rings is 1. The molecular formula is C15H15ClN2O3S. The fourth-order valence-corrected chi connectivity index (χ4v) is 3.22. The Balaban J connectivity index is 1.64. The number of aliphatic hydroxyl groups is 1. The highest BCUT2D eigenvalue weighted by atomic mass is 35.5. The van der Waals surface area contributed by atoms with Gasteiger partial charge in [0, 0.05) is 18.1 Å². The van der Waals surface area contributed by atoms with Crippen LogP contribution in [0.3, 0.4) is 0 Å². The van der Waals surface area contributed by atoms with Crippen LogP contribution in [-0.4, -0.2) is 40.1 Å². The highest BCUT2D eigenvalue weighted by Crippen LogP contribution is 2.24. The van der Waals surface area contributed by atoms with Crippen LogP contribution in [0.1, 0.15) is 20.4 Å². The van der Waals surface area contributed by atoms with E-state index in [9.17, 15) is 9.90 Å². The van der Waals surface area contributed by atoms with E-state index in [0.29, 0.717) is 41.0 Å². The molecule has 0 spiro atoms. The molecule has 0 radical (unpaired) electrons. The Morgan fingerprint density at radius 2 is 2.14 bits per heavy atom. The number of β-amino-alcohol motifs (C(OH)–C–C–N with tert-alkyl or cyclic N) is 1. The topological polar surface area (TPSA) is 62.7 Å². The third-order valence-corrected chi connectivity index (χ3v) is 4.73. The fourth-order valence-electron chi connectivity index (χ4n) is 2.15. The van der Waals surface area contributed by atoms with Gasteiger partial charge in [-0.1, -0.05) is 11.6 Å². The number of aromatic nitrogens is 1. The Morgan fingerprint density at radius 1 is 1.45 bits per heavy atom. The van der Waals surface area contributed by atoms with E-state index in [-0.39, 0.29) is 5.91 Å². The second kappa shape index (κ2) is 6.24. The molecule has 0 bridgehead atoms. The van der Waals surface area contributed by atoms with Gasteiger partial charge in [-0.3, -0.25) is 4.79 Å². The molecule has 0 saturated carbocycles. The van der Waals surface area contributed by atoms with Crippen LogP contribution in [0, 0.1) is 6.92 Å². The number of hydrogen-bond donors (Lipinski definition) is 1. The highest BCUT2D eigenvalue weighted by molar-refractivity contribution is 7.13. The molecule has 1 N–H and O–H groups in total. The molecule has 0 atom stereocenters. The molecule has 116 valence electrons. The average molecular weight is 339 g/mol. The van der Waals surface area contributed by atoms with Crippen LogP contribution in [0.25, 0.3) is 0 Å². The summed E-state index contributed by atoms with van der Waals surface area (Å²) in [6.45, 7) is 2.91. The van der Waals surface area contributed by atoms with E-state index in [1.807, 2.05) is 6.92 Å². The van der Waals surface area contributed by atoms with Gasteiger partial charge >= 0.3 is 0 Å². The fraction of sp³-hybridized carbons (Fsp3) is 0.333. The maximum absolute atomic E-state index is 12.2.